The molecule has 0 N–H and O–H groups in total. The first kappa shape index (κ1) is 13.4. The van der Waals surface area contributed by atoms with Crippen LogP contribution in [0.2, 0.25) is 5.02 Å². The standard InChI is InChI=1S/C15H11Cl2FN2/c16-9-8-14-19-15-11(18)5-3-7-13(15)20(14)12-6-2-1-4-10(12)17/h1-7H,8-9H2. The summed E-state index contributed by atoms with van der Waals surface area (Å²) in [4.78, 5) is 4.36. The molecule has 102 valence electrons. The fraction of sp³-hybridized carbons (Fsp3) is 0.133. The second kappa shape index (κ2) is 5.43. The molecule has 1 heterocycles. The van der Waals surface area contributed by atoms with Gasteiger partial charge in [-0.15, -0.1) is 11.6 Å². The Labute approximate surface area is 125 Å². The van der Waals surface area contributed by atoms with Crippen molar-refractivity contribution in [1.82, 2.24) is 9.55 Å². The molecule has 5 heteroatoms. The molecule has 0 fully saturated rings. The number of aryl methyl sites for hydroxylation is 1. The molecule has 2 aromatic carbocycles. The van der Waals surface area contributed by atoms with Gasteiger partial charge in [-0.2, -0.15) is 0 Å². The second-order valence-corrected chi connectivity index (χ2v) is 5.15. The predicted molar refractivity (Wildman–Crippen MR) is 80.5 cm³/mol. The van der Waals surface area contributed by atoms with Gasteiger partial charge < -0.3 is 0 Å². The highest BCUT2D eigenvalue weighted by molar-refractivity contribution is 6.32. The fourth-order valence-corrected chi connectivity index (χ4v) is 2.66. The number of benzene rings is 2. The van der Waals surface area contributed by atoms with Crippen molar-refractivity contribution < 1.29 is 4.39 Å². The lowest BCUT2D eigenvalue weighted by molar-refractivity contribution is 0.637. The Kier molecular flexibility index (Phi) is 3.64. The number of rotatable bonds is 3. The van der Waals surface area contributed by atoms with Crippen LogP contribution in [0.25, 0.3) is 16.7 Å². The van der Waals surface area contributed by atoms with E-state index in [1.807, 2.05) is 28.8 Å². The number of halogens is 3. The zero-order valence-electron chi connectivity index (χ0n) is 10.5. The van der Waals surface area contributed by atoms with Crippen molar-refractivity contribution in [2.75, 3.05) is 5.88 Å². The van der Waals surface area contributed by atoms with E-state index in [9.17, 15) is 4.39 Å². The molecule has 0 aliphatic heterocycles. The van der Waals surface area contributed by atoms with Crippen LogP contribution >= 0.6 is 23.2 Å². The molecule has 0 atom stereocenters. The van der Waals surface area contributed by atoms with Crippen molar-refractivity contribution in [2.45, 2.75) is 6.42 Å². The van der Waals surface area contributed by atoms with E-state index in [4.69, 9.17) is 23.2 Å². The minimum Gasteiger partial charge on any atom is -0.295 e. The van der Waals surface area contributed by atoms with Crippen molar-refractivity contribution >= 4 is 34.2 Å². The van der Waals surface area contributed by atoms with Crippen molar-refractivity contribution in [3.63, 3.8) is 0 Å². The van der Waals surface area contributed by atoms with Gasteiger partial charge in [0.05, 0.1) is 16.2 Å². The first-order chi connectivity index (χ1) is 9.72. The number of para-hydroxylation sites is 2. The monoisotopic (exact) mass is 308 g/mol. The van der Waals surface area contributed by atoms with Crippen LogP contribution < -0.4 is 0 Å². The molecular formula is C15H11Cl2FN2. The molecule has 0 aliphatic rings. The van der Waals surface area contributed by atoms with Gasteiger partial charge in [0.1, 0.15) is 11.3 Å². The SMILES string of the molecule is Fc1cccc2c1nc(CCCl)n2-c1ccccc1Cl. The molecule has 0 saturated heterocycles. The van der Waals surface area contributed by atoms with Crippen LogP contribution in [-0.4, -0.2) is 15.4 Å². The van der Waals surface area contributed by atoms with E-state index in [1.54, 1.807) is 12.1 Å². The fourth-order valence-electron chi connectivity index (χ4n) is 2.27. The maximum absolute atomic E-state index is 13.9. The summed E-state index contributed by atoms with van der Waals surface area (Å²) in [7, 11) is 0. The smallest absolute Gasteiger partial charge is 0.151 e. The first-order valence-electron chi connectivity index (χ1n) is 6.19. The molecule has 0 spiro atoms. The van der Waals surface area contributed by atoms with Crippen molar-refractivity contribution in [3.05, 3.63) is 59.1 Å². The van der Waals surface area contributed by atoms with E-state index >= 15 is 0 Å². The van der Waals surface area contributed by atoms with Crippen LogP contribution in [0.3, 0.4) is 0 Å². The topological polar surface area (TPSA) is 17.8 Å². The minimum absolute atomic E-state index is 0.340. The Balaban J connectivity index is 2.35. The Bertz CT molecular complexity index is 768. The Morgan fingerprint density at radius 3 is 2.65 bits per heavy atom. The Morgan fingerprint density at radius 1 is 1.10 bits per heavy atom. The summed E-state index contributed by atoms with van der Waals surface area (Å²) in [6.07, 6.45) is 0.543. The van der Waals surface area contributed by atoms with Gasteiger partial charge >= 0.3 is 0 Å². The number of aromatic nitrogens is 2. The van der Waals surface area contributed by atoms with Crippen LogP contribution in [-0.2, 0) is 6.42 Å². The number of nitrogens with zero attached hydrogens (tertiary/aromatic N) is 2. The average molecular weight is 309 g/mol. The second-order valence-electron chi connectivity index (χ2n) is 4.36. The molecule has 3 rings (SSSR count). The normalized spacial score (nSPS) is 11.2. The summed E-state index contributed by atoms with van der Waals surface area (Å²) >= 11 is 12.1. The zero-order valence-corrected chi connectivity index (χ0v) is 12.0. The Morgan fingerprint density at radius 2 is 1.90 bits per heavy atom. The van der Waals surface area contributed by atoms with Gasteiger partial charge in [0.2, 0.25) is 0 Å². The summed E-state index contributed by atoms with van der Waals surface area (Å²) in [5.74, 6) is 0.771. The van der Waals surface area contributed by atoms with Crippen LogP contribution in [0.15, 0.2) is 42.5 Å². The first-order valence-corrected chi connectivity index (χ1v) is 7.10. The number of hydrogen-bond acceptors (Lipinski definition) is 1. The van der Waals surface area contributed by atoms with Gasteiger partial charge in [-0.05, 0) is 24.3 Å². The van der Waals surface area contributed by atoms with Gasteiger partial charge in [0, 0.05) is 12.3 Å². The maximum Gasteiger partial charge on any atom is 0.151 e. The molecule has 0 aliphatic carbocycles. The Hall–Kier alpha value is -1.58. The van der Waals surface area contributed by atoms with E-state index in [0.29, 0.717) is 34.2 Å². The summed E-state index contributed by atoms with van der Waals surface area (Å²) in [6.45, 7) is 0. The lowest BCUT2D eigenvalue weighted by Gasteiger charge is -2.10. The molecule has 0 bridgehead atoms. The molecule has 20 heavy (non-hydrogen) atoms. The van der Waals surface area contributed by atoms with E-state index in [-0.39, 0.29) is 5.82 Å². The molecule has 0 amide bonds. The number of imidazole rings is 1. The highest BCUT2D eigenvalue weighted by Crippen LogP contribution is 2.28. The third-order valence-electron chi connectivity index (χ3n) is 3.12. The van der Waals surface area contributed by atoms with Gasteiger partial charge in [-0.1, -0.05) is 29.8 Å². The van der Waals surface area contributed by atoms with Crippen molar-refractivity contribution in [2.24, 2.45) is 0 Å². The quantitative estimate of drug-likeness (QED) is 0.647. The molecule has 0 unspecified atom stereocenters. The number of alkyl halides is 1. The molecule has 3 aromatic rings. The molecule has 1 aromatic heterocycles. The van der Waals surface area contributed by atoms with Crippen molar-refractivity contribution in [3.8, 4) is 5.69 Å². The zero-order chi connectivity index (χ0) is 14.1. The van der Waals surface area contributed by atoms with E-state index in [1.165, 1.54) is 6.07 Å². The highest BCUT2D eigenvalue weighted by Gasteiger charge is 2.16. The summed E-state index contributed by atoms with van der Waals surface area (Å²) in [5, 5.41) is 0.590. The summed E-state index contributed by atoms with van der Waals surface area (Å²) in [5.41, 5.74) is 1.81. The van der Waals surface area contributed by atoms with Crippen LogP contribution in [0.4, 0.5) is 4.39 Å². The van der Waals surface area contributed by atoms with Crippen molar-refractivity contribution in [1.29, 1.82) is 0 Å². The minimum atomic E-state index is -0.343. The predicted octanol–water partition coefficient (Wildman–Crippen LogP) is 4.60. The van der Waals surface area contributed by atoms with Crippen LogP contribution in [0, 0.1) is 5.82 Å². The van der Waals surface area contributed by atoms with Gasteiger partial charge in [0.25, 0.3) is 0 Å². The summed E-state index contributed by atoms with van der Waals surface area (Å²) in [6, 6.07) is 12.3. The maximum atomic E-state index is 13.9. The average Bonchev–Trinajstić information content (AvgIpc) is 2.80. The van der Waals surface area contributed by atoms with Gasteiger partial charge in [0.15, 0.2) is 5.82 Å². The van der Waals surface area contributed by atoms with Gasteiger partial charge in [-0.3, -0.25) is 4.57 Å². The van der Waals surface area contributed by atoms with E-state index in [0.717, 1.165) is 5.69 Å². The molecular weight excluding hydrogens is 298 g/mol. The number of fused-ring (bicyclic) bond motifs is 1. The third kappa shape index (κ3) is 2.17. The molecule has 0 saturated carbocycles. The van der Waals surface area contributed by atoms with Gasteiger partial charge in [-0.25, -0.2) is 9.37 Å². The largest absolute Gasteiger partial charge is 0.295 e. The molecule has 2 nitrogen and oxygen atoms in total. The van der Waals surface area contributed by atoms with Crippen LogP contribution in [0.1, 0.15) is 5.82 Å². The van der Waals surface area contributed by atoms with Crippen LogP contribution in [0.5, 0.6) is 0 Å². The highest BCUT2D eigenvalue weighted by atomic mass is 35.5. The van der Waals surface area contributed by atoms with E-state index < -0.39 is 0 Å². The summed E-state index contributed by atoms with van der Waals surface area (Å²) < 4.78 is 15.8. The number of hydrogen-bond donors (Lipinski definition) is 0. The lowest BCUT2D eigenvalue weighted by Crippen LogP contribution is -2.02. The van der Waals surface area contributed by atoms with E-state index in [2.05, 4.69) is 4.98 Å². The molecule has 0 radical (unpaired) electrons. The lowest BCUT2D eigenvalue weighted by atomic mass is 10.2. The third-order valence-corrected chi connectivity index (χ3v) is 3.63.